The molecule has 1 heterocycles. The molecule has 1 unspecified atom stereocenters. The Morgan fingerprint density at radius 1 is 1.73 bits per heavy atom. The number of carbonyl (C=O) groups excluding carboxylic acids is 1. The molecule has 0 aromatic rings. The van der Waals surface area contributed by atoms with Crippen LogP contribution in [0.5, 0.6) is 0 Å². The maximum Gasteiger partial charge on any atom is 0.317 e. The van der Waals surface area contributed by atoms with Gasteiger partial charge in [-0.15, -0.1) is 12.4 Å². The average Bonchev–Trinajstić information content (AvgIpc) is 2.26. The molecule has 0 aromatic heterocycles. The first kappa shape index (κ1) is 14.0. The van der Waals surface area contributed by atoms with Crippen molar-refractivity contribution in [3.8, 4) is 0 Å². The largest absolute Gasteiger partial charge is 0.434 e. The van der Waals surface area contributed by atoms with E-state index in [1.54, 1.807) is 6.34 Å². The molecule has 1 rings (SSSR count). The number of ether oxygens (including phenoxy) is 1. The van der Waals surface area contributed by atoms with Gasteiger partial charge in [0.2, 0.25) is 0 Å². The second-order valence-corrected chi connectivity index (χ2v) is 3.35. The van der Waals surface area contributed by atoms with E-state index in [1.165, 1.54) is 6.26 Å². The van der Waals surface area contributed by atoms with E-state index in [1.807, 2.05) is 13.8 Å². The van der Waals surface area contributed by atoms with Gasteiger partial charge in [0.15, 0.2) is 0 Å². The van der Waals surface area contributed by atoms with Crippen LogP contribution in [0.3, 0.4) is 0 Å². The summed E-state index contributed by atoms with van der Waals surface area (Å²) in [5, 5.41) is 2.90. The van der Waals surface area contributed by atoms with Crippen molar-refractivity contribution >= 4 is 24.7 Å². The fourth-order valence-corrected chi connectivity index (χ4v) is 1.00. The highest BCUT2D eigenvalue weighted by Gasteiger charge is 2.20. The first-order chi connectivity index (χ1) is 6.74. The summed E-state index contributed by atoms with van der Waals surface area (Å²) in [6, 6.07) is 0. The van der Waals surface area contributed by atoms with Gasteiger partial charge < -0.3 is 10.1 Å². The minimum atomic E-state index is -0.206. The maximum atomic E-state index is 11.4. The Morgan fingerprint density at radius 2 is 2.47 bits per heavy atom. The van der Waals surface area contributed by atoms with Gasteiger partial charge in [-0.05, 0) is 18.9 Å². The van der Waals surface area contributed by atoms with Crippen molar-refractivity contribution in [1.82, 2.24) is 5.32 Å². The van der Waals surface area contributed by atoms with Gasteiger partial charge in [0.25, 0.3) is 0 Å². The van der Waals surface area contributed by atoms with Gasteiger partial charge in [-0.1, -0.05) is 6.92 Å². The highest BCUT2D eigenvalue weighted by atomic mass is 35.5. The SMILES string of the molecule is CCC(C)=COC(=O)C1CN=CNC1.Cl. The molecule has 0 fully saturated rings. The molecule has 15 heavy (non-hydrogen) atoms. The molecule has 0 saturated heterocycles. The summed E-state index contributed by atoms with van der Waals surface area (Å²) in [6.45, 7) is 5.09. The van der Waals surface area contributed by atoms with Crippen LogP contribution in [0.15, 0.2) is 16.8 Å². The lowest BCUT2D eigenvalue weighted by Crippen LogP contribution is -2.34. The number of hydrogen-bond donors (Lipinski definition) is 1. The van der Waals surface area contributed by atoms with Gasteiger partial charge >= 0.3 is 5.97 Å². The number of allylic oxidation sites excluding steroid dienone is 1. The lowest BCUT2D eigenvalue weighted by Gasteiger charge is -2.15. The second kappa shape index (κ2) is 7.29. The summed E-state index contributed by atoms with van der Waals surface area (Å²) in [5.74, 6) is -0.358. The Morgan fingerprint density at radius 3 is 3.00 bits per heavy atom. The van der Waals surface area contributed by atoms with Crippen LogP contribution < -0.4 is 5.32 Å². The molecule has 1 aliphatic heterocycles. The van der Waals surface area contributed by atoms with E-state index in [0.29, 0.717) is 13.1 Å². The number of esters is 1. The molecule has 5 heteroatoms. The zero-order valence-electron chi connectivity index (χ0n) is 9.03. The van der Waals surface area contributed by atoms with E-state index in [0.717, 1.165) is 12.0 Å². The first-order valence-electron chi connectivity index (χ1n) is 4.82. The van der Waals surface area contributed by atoms with Gasteiger partial charge in [0.05, 0.1) is 25.1 Å². The predicted molar refractivity (Wildman–Crippen MR) is 62.2 cm³/mol. The number of rotatable bonds is 3. The zero-order valence-corrected chi connectivity index (χ0v) is 9.84. The maximum absolute atomic E-state index is 11.4. The normalized spacial score (nSPS) is 20.1. The van der Waals surface area contributed by atoms with Crippen molar-refractivity contribution in [2.45, 2.75) is 20.3 Å². The van der Waals surface area contributed by atoms with Gasteiger partial charge in [-0.25, -0.2) is 0 Å². The molecule has 0 amide bonds. The van der Waals surface area contributed by atoms with E-state index in [4.69, 9.17) is 4.74 Å². The molecule has 0 aromatic carbocycles. The Kier molecular flexibility index (Phi) is 6.79. The van der Waals surface area contributed by atoms with Crippen LogP contribution in [0.25, 0.3) is 0 Å². The number of hydrogen-bond acceptors (Lipinski definition) is 4. The Bertz CT molecular complexity index is 264. The van der Waals surface area contributed by atoms with Gasteiger partial charge in [0.1, 0.15) is 0 Å². The summed E-state index contributed by atoms with van der Waals surface area (Å²) in [6.07, 6.45) is 4.05. The number of nitrogens with zero attached hydrogens (tertiary/aromatic N) is 1. The predicted octanol–water partition coefficient (Wildman–Crippen LogP) is 1.51. The van der Waals surface area contributed by atoms with Crippen molar-refractivity contribution in [3.63, 3.8) is 0 Å². The van der Waals surface area contributed by atoms with Gasteiger partial charge in [-0.2, -0.15) is 0 Å². The standard InChI is InChI=1S/C10H16N2O2.ClH/c1-3-8(2)6-14-10(13)9-4-11-7-12-5-9;/h6-7,9H,3-5H2,1-2H3,(H,11,12);1H. The molecule has 0 spiro atoms. The second-order valence-electron chi connectivity index (χ2n) is 3.35. The van der Waals surface area contributed by atoms with Crippen molar-refractivity contribution < 1.29 is 9.53 Å². The van der Waals surface area contributed by atoms with Crippen LogP contribution in [-0.2, 0) is 9.53 Å². The first-order valence-corrected chi connectivity index (χ1v) is 4.82. The summed E-state index contributed by atoms with van der Waals surface area (Å²) in [4.78, 5) is 15.4. The fourth-order valence-electron chi connectivity index (χ4n) is 1.00. The van der Waals surface area contributed by atoms with E-state index >= 15 is 0 Å². The average molecular weight is 233 g/mol. The number of halogens is 1. The summed E-state index contributed by atoms with van der Waals surface area (Å²) >= 11 is 0. The van der Waals surface area contributed by atoms with E-state index in [2.05, 4.69) is 10.3 Å². The van der Waals surface area contributed by atoms with Crippen molar-refractivity contribution in [2.75, 3.05) is 13.1 Å². The molecule has 0 radical (unpaired) electrons. The third kappa shape index (κ3) is 4.83. The minimum absolute atomic E-state index is 0. The molecule has 0 aliphatic carbocycles. The smallest absolute Gasteiger partial charge is 0.317 e. The molecule has 1 atom stereocenters. The highest BCUT2D eigenvalue weighted by Crippen LogP contribution is 2.05. The van der Waals surface area contributed by atoms with Crippen LogP contribution in [-0.4, -0.2) is 25.4 Å². The Balaban J connectivity index is 0.00000196. The van der Waals surface area contributed by atoms with Crippen molar-refractivity contribution in [2.24, 2.45) is 10.9 Å². The van der Waals surface area contributed by atoms with E-state index < -0.39 is 0 Å². The van der Waals surface area contributed by atoms with Gasteiger partial charge in [-0.3, -0.25) is 9.79 Å². The molecule has 0 bridgehead atoms. The lowest BCUT2D eigenvalue weighted by molar-refractivity contribution is -0.142. The number of carbonyl (C=O) groups is 1. The third-order valence-electron chi connectivity index (χ3n) is 2.14. The quantitative estimate of drug-likeness (QED) is 0.593. The molecule has 1 aliphatic rings. The third-order valence-corrected chi connectivity index (χ3v) is 2.14. The zero-order chi connectivity index (χ0) is 10.4. The number of aliphatic imine (C=N–C) groups is 1. The Hall–Kier alpha value is -1.03. The van der Waals surface area contributed by atoms with Crippen LogP contribution >= 0.6 is 12.4 Å². The molecular weight excluding hydrogens is 216 g/mol. The van der Waals surface area contributed by atoms with Crippen molar-refractivity contribution in [1.29, 1.82) is 0 Å². The lowest BCUT2D eigenvalue weighted by atomic mass is 10.1. The van der Waals surface area contributed by atoms with E-state index in [-0.39, 0.29) is 24.3 Å². The minimum Gasteiger partial charge on any atom is -0.434 e. The number of nitrogens with one attached hydrogen (secondary N) is 1. The fraction of sp³-hybridized carbons (Fsp3) is 0.600. The van der Waals surface area contributed by atoms with Gasteiger partial charge in [0, 0.05) is 6.54 Å². The molecule has 0 saturated carbocycles. The molecular formula is C10H17ClN2O2. The monoisotopic (exact) mass is 232 g/mol. The Labute approximate surface area is 96.2 Å². The summed E-state index contributed by atoms with van der Waals surface area (Å²) in [5.41, 5.74) is 1.06. The molecule has 4 nitrogen and oxygen atoms in total. The highest BCUT2D eigenvalue weighted by molar-refractivity contribution is 5.85. The van der Waals surface area contributed by atoms with Crippen LogP contribution in [0, 0.1) is 5.92 Å². The topological polar surface area (TPSA) is 50.7 Å². The van der Waals surface area contributed by atoms with E-state index in [9.17, 15) is 4.79 Å². The van der Waals surface area contributed by atoms with Crippen LogP contribution in [0.4, 0.5) is 0 Å². The molecule has 1 N–H and O–H groups in total. The van der Waals surface area contributed by atoms with Crippen molar-refractivity contribution in [3.05, 3.63) is 11.8 Å². The summed E-state index contributed by atoms with van der Waals surface area (Å²) < 4.78 is 5.02. The van der Waals surface area contributed by atoms with Crippen LogP contribution in [0.1, 0.15) is 20.3 Å². The molecule has 86 valence electrons. The summed E-state index contributed by atoms with van der Waals surface area (Å²) in [7, 11) is 0. The van der Waals surface area contributed by atoms with Crippen LogP contribution in [0.2, 0.25) is 0 Å².